The molecule has 0 spiro atoms. The van der Waals surface area contributed by atoms with Crippen LogP contribution in [0, 0.1) is 0 Å². The highest BCUT2D eigenvalue weighted by atomic mass is 32.1. The molecule has 0 atom stereocenters. The van der Waals surface area contributed by atoms with Crippen LogP contribution in [0.15, 0.2) is 221 Å². The molecule has 1 N–H and O–H groups in total. The molecule has 296 valence electrons. The minimum absolute atomic E-state index is 0.481. The third kappa shape index (κ3) is 5.83. The molecule has 63 heavy (non-hydrogen) atoms. The molecule has 0 unspecified atom stereocenters. The topological polar surface area (TPSA) is 54.8 Å². The Labute approximate surface area is 366 Å². The van der Waals surface area contributed by atoms with Gasteiger partial charge in [0.25, 0.3) is 0 Å². The van der Waals surface area contributed by atoms with Crippen LogP contribution in [-0.4, -0.2) is 16.2 Å². The summed E-state index contributed by atoms with van der Waals surface area (Å²) in [6.07, 6.45) is -0.481. The van der Waals surface area contributed by atoms with Gasteiger partial charge in [-0.25, -0.2) is 9.98 Å². The number of thiophene rings is 1. The first-order chi connectivity index (χ1) is 31.2. The lowest BCUT2D eigenvalue weighted by Gasteiger charge is -2.22. The second-order valence-corrected chi connectivity index (χ2v) is 17.2. The lowest BCUT2D eigenvalue weighted by Crippen LogP contribution is -2.36. The molecule has 6 heteroatoms. The van der Waals surface area contributed by atoms with Gasteiger partial charge in [0.15, 0.2) is 6.17 Å². The standard InChI is InChI=1S/C57H36N4OS/c1-3-13-36(14-4-1)55-58-56(37-15-5-2-6-16-37)60-57(59-55)45-21-12-23-51-53(45)47-34-39(28-32-50(47)62-51)38-27-31-49-46(33-38)42-17-7-9-22-48(42)61(49)40-29-25-35(26-30-40)41-19-11-20-44-43-18-8-10-24-52(43)63-54(41)44/h1-34,57H,(H,58,59,60). The molecule has 9 aromatic carbocycles. The van der Waals surface area contributed by atoms with E-state index < -0.39 is 6.17 Å². The fourth-order valence-corrected chi connectivity index (χ4v) is 10.8. The van der Waals surface area contributed by atoms with Gasteiger partial charge in [-0.05, 0) is 76.9 Å². The van der Waals surface area contributed by atoms with Gasteiger partial charge in [-0.15, -0.1) is 11.3 Å². The number of aliphatic imine (C=N–C) groups is 2. The van der Waals surface area contributed by atoms with Gasteiger partial charge < -0.3 is 14.3 Å². The third-order valence-corrected chi connectivity index (χ3v) is 13.7. The van der Waals surface area contributed by atoms with Gasteiger partial charge in [0.1, 0.15) is 22.8 Å². The Hall–Kier alpha value is -8.06. The molecule has 0 amide bonds. The first-order valence-corrected chi connectivity index (χ1v) is 22.1. The molecule has 1 aliphatic heterocycles. The zero-order chi connectivity index (χ0) is 41.4. The van der Waals surface area contributed by atoms with E-state index in [-0.39, 0.29) is 0 Å². The van der Waals surface area contributed by atoms with Crippen LogP contribution < -0.4 is 5.32 Å². The van der Waals surface area contributed by atoms with Crippen molar-refractivity contribution in [2.75, 3.05) is 0 Å². The summed E-state index contributed by atoms with van der Waals surface area (Å²) in [5.74, 6) is 1.57. The van der Waals surface area contributed by atoms with Crippen molar-refractivity contribution in [1.29, 1.82) is 0 Å². The van der Waals surface area contributed by atoms with Crippen LogP contribution in [-0.2, 0) is 0 Å². The zero-order valence-corrected chi connectivity index (χ0v) is 34.7. The fourth-order valence-electron chi connectivity index (χ4n) is 9.52. The van der Waals surface area contributed by atoms with Crippen LogP contribution in [0.3, 0.4) is 0 Å². The molecule has 0 bridgehead atoms. The van der Waals surface area contributed by atoms with Crippen LogP contribution in [0.2, 0.25) is 0 Å². The Morgan fingerprint density at radius 2 is 1.06 bits per heavy atom. The van der Waals surface area contributed by atoms with Crippen LogP contribution >= 0.6 is 11.3 Å². The molecule has 5 nitrogen and oxygen atoms in total. The number of hydrogen-bond donors (Lipinski definition) is 1. The summed E-state index contributed by atoms with van der Waals surface area (Å²) < 4.78 is 11.6. The van der Waals surface area contributed by atoms with Gasteiger partial charge in [-0.1, -0.05) is 152 Å². The van der Waals surface area contributed by atoms with Gasteiger partial charge in [0.05, 0.1) is 11.0 Å². The molecule has 4 heterocycles. The van der Waals surface area contributed by atoms with E-state index in [4.69, 9.17) is 14.4 Å². The SMILES string of the molecule is c1ccc(C2=NC(c3cccc4oc5ccc(-c6ccc7c(c6)c6ccccc6n7-c6ccc(-c7cccc8c7sc7ccccc78)cc6)cc5c34)N=C(c3ccccc3)N2)cc1. The van der Waals surface area contributed by atoms with E-state index in [9.17, 15) is 0 Å². The van der Waals surface area contributed by atoms with Crippen LogP contribution in [0.5, 0.6) is 0 Å². The van der Waals surface area contributed by atoms with Crippen molar-refractivity contribution >= 4 is 86.9 Å². The summed E-state index contributed by atoms with van der Waals surface area (Å²) in [6.45, 7) is 0. The van der Waals surface area contributed by atoms with Crippen LogP contribution in [0.1, 0.15) is 22.9 Å². The van der Waals surface area contributed by atoms with Gasteiger partial charge in [-0.3, -0.25) is 0 Å². The van der Waals surface area contributed by atoms with Crippen molar-refractivity contribution in [2.45, 2.75) is 6.17 Å². The van der Waals surface area contributed by atoms with Crippen LogP contribution in [0.25, 0.3) is 91.9 Å². The Morgan fingerprint density at radius 1 is 0.444 bits per heavy atom. The molecule has 0 saturated carbocycles. The number of benzene rings is 9. The molecule has 12 aromatic rings. The van der Waals surface area contributed by atoms with Crippen LogP contribution in [0.4, 0.5) is 0 Å². The van der Waals surface area contributed by atoms with E-state index >= 15 is 0 Å². The maximum atomic E-state index is 6.53. The number of furan rings is 1. The zero-order valence-electron chi connectivity index (χ0n) is 33.9. The van der Waals surface area contributed by atoms with E-state index in [1.807, 2.05) is 59.9 Å². The Morgan fingerprint density at radius 3 is 1.84 bits per heavy atom. The predicted octanol–water partition coefficient (Wildman–Crippen LogP) is 14.9. The van der Waals surface area contributed by atoms with Crippen molar-refractivity contribution < 1.29 is 4.42 Å². The second-order valence-electron chi connectivity index (χ2n) is 16.1. The van der Waals surface area contributed by atoms with E-state index in [1.165, 1.54) is 53.1 Å². The summed E-state index contributed by atoms with van der Waals surface area (Å²) in [5.41, 5.74) is 12.9. The van der Waals surface area contributed by atoms with Gasteiger partial charge in [0, 0.05) is 64.1 Å². The second kappa shape index (κ2) is 14.3. The average molecular weight is 825 g/mol. The van der Waals surface area contributed by atoms with Crippen molar-refractivity contribution in [3.05, 3.63) is 223 Å². The summed E-state index contributed by atoms with van der Waals surface area (Å²) >= 11 is 1.87. The predicted molar refractivity (Wildman–Crippen MR) is 264 cm³/mol. The minimum Gasteiger partial charge on any atom is -0.456 e. The molecule has 3 aromatic heterocycles. The maximum Gasteiger partial charge on any atom is 0.170 e. The number of aromatic nitrogens is 1. The summed E-state index contributed by atoms with van der Waals surface area (Å²) in [4.78, 5) is 10.4. The number of rotatable bonds is 6. The molecule has 1 aliphatic rings. The Kier molecular flexibility index (Phi) is 8.08. The van der Waals surface area contributed by atoms with Crippen molar-refractivity contribution in [1.82, 2.24) is 9.88 Å². The third-order valence-electron chi connectivity index (χ3n) is 12.5. The lowest BCUT2D eigenvalue weighted by atomic mass is 9.98. The smallest absolute Gasteiger partial charge is 0.170 e. The number of para-hydroxylation sites is 1. The van der Waals surface area contributed by atoms with Crippen molar-refractivity contribution in [2.24, 2.45) is 9.98 Å². The molecule has 0 fully saturated rings. The van der Waals surface area contributed by atoms with Crippen molar-refractivity contribution in [3.8, 4) is 27.9 Å². The largest absolute Gasteiger partial charge is 0.456 e. The highest BCUT2D eigenvalue weighted by Crippen LogP contribution is 2.42. The quantitative estimate of drug-likeness (QED) is 0.182. The maximum absolute atomic E-state index is 6.53. The molecular formula is C57H36N4OS. The molecular weight excluding hydrogens is 789 g/mol. The van der Waals surface area contributed by atoms with Crippen molar-refractivity contribution in [3.63, 3.8) is 0 Å². The fraction of sp³-hybridized carbons (Fsp3) is 0.0175. The Balaban J connectivity index is 0.909. The number of nitrogens with one attached hydrogen (secondary N) is 1. The number of nitrogens with zero attached hydrogens (tertiary/aromatic N) is 3. The number of hydrogen-bond acceptors (Lipinski definition) is 5. The highest BCUT2D eigenvalue weighted by molar-refractivity contribution is 7.26. The first-order valence-electron chi connectivity index (χ1n) is 21.3. The minimum atomic E-state index is -0.481. The number of amidine groups is 2. The first kappa shape index (κ1) is 35.7. The summed E-state index contributed by atoms with van der Waals surface area (Å²) in [7, 11) is 0. The molecule has 0 radical (unpaired) electrons. The molecule has 0 aliphatic carbocycles. The van der Waals surface area contributed by atoms with Gasteiger partial charge >= 0.3 is 0 Å². The molecule has 13 rings (SSSR count). The average Bonchev–Trinajstić information content (AvgIpc) is 4.04. The summed E-state index contributed by atoms with van der Waals surface area (Å²) in [6, 6.07) is 73.3. The Bertz CT molecular complexity index is 3760. The normalized spacial score (nSPS) is 13.3. The number of fused-ring (bicyclic) bond motifs is 9. The van der Waals surface area contributed by atoms with E-state index in [0.717, 1.165) is 67.1 Å². The summed E-state index contributed by atoms with van der Waals surface area (Å²) in [5, 5.41) is 10.7. The lowest BCUT2D eigenvalue weighted by molar-refractivity contribution is 0.667. The highest BCUT2D eigenvalue weighted by Gasteiger charge is 2.24. The van der Waals surface area contributed by atoms with E-state index in [2.05, 4.69) is 168 Å². The van der Waals surface area contributed by atoms with Gasteiger partial charge in [0.2, 0.25) is 0 Å². The van der Waals surface area contributed by atoms with E-state index in [0.29, 0.717) is 0 Å². The monoisotopic (exact) mass is 824 g/mol. The van der Waals surface area contributed by atoms with E-state index in [1.54, 1.807) is 0 Å². The molecule has 0 saturated heterocycles. The van der Waals surface area contributed by atoms with Gasteiger partial charge in [-0.2, -0.15) is 0 Å².